The van der Waals surface area contributed by atoms with Gasteiger partial charge in [-0.2, -0.15) is 0 Å². The molecule has 1 aromatic heterocycles. The quantitative estimate of drug-likeness (QED) is 0.615. The van der Waals surface area contributed by atoms with Crippen molar-refractivity contribution in [2.45, 2.75) is 71.3 Å². The molecule has 1 amide bonds. The maximum Gasteiger partial charge on any atom is 0.220 e. The Bertz CT molecular complexity index is 351. The van der Waals surface area contributed by atoms with E-state index in [2.05, 4.69) is 17.2 Å². The van der Waals surface area contributed by atoms with Gasteiger partial charge in [-0.3, -0.25) is 9.78 Å². The molecule has 1 N–H and O–H groups in total. The van der Waals surface area contributed by atoms with E-state index in [0.717, 1.165) is 12.0 Å². The van der Waals surface area contributed by atoms with Crippen LogP contribution in [0.25, 0.3) is 0 Å². The van der Waals surface area contributed by atoms with E-state index in [4.69, 9.17) is 0 Å². The lowest BCUT2D eigenvalue weighted by atomic mass is 10.1. The first kappa shape index (κ1) is 16.7. The van der Waals surface area contributed by atoms with Crippen molar-refractivity contribution in [3.8, 4) is 0 Å². The highest BCUT2D eigenvalue weighted by molar-refractivity contribution is 5.75. The van der Waals surface area contributed by atoms with Gasteiger partial charge in [0.05, 0.1) is 0 Å². The molecule has 0 spiro atoms. The molecule has 3 heteroatoms. The first-order valence-electron chi connectivity index (χ1n) is 7.98. The standard InChI is InChI=1S/C17H28N2O/c1-2-3-4-5-6-7-8-9-10-17(20)19-15-16-11-13-18-14-12-16/h11-14H,2-10,15H2,1H3,(H,19,20). The SMILES string of the molecule is CCCCCCCCCCC(=O)NCc1ccncc1. The minimum Gasteiger partial charge on any atom is -0.352 e. The van der Waals surface area contributed by atoms with E-state index < -0.39 is 0 Å². The number of nitrogens with zero attached hydrogens (tertiary/aromatic N) is 1. The van der Waals surface area contributed by atoms with Gasteiger partial charge in [0, 0.05) is 25.4 Å². The summed E-state index contributed by atoms with van der Waals surface area (Å²) < 4.78 is 0. The van der Waals surface area contributed by atoms with E-state index in [1.165, 1.54) is 44.9 Å². The molecule has 0 aliphatic rings. The summed E-state index contributed by atoms with van der Waals surface area (Å²) in [5.41, 5.74) is 1.10. The predicted molar refractivity (Wildman–Crippen MR) is 83.3 cm³/mol. The second-order valence-corrected chi connectivity index (χ2v) is 5.36. The fraction of sp³-hybridized carbons (Fsp3) is 0.647. The average molecular weight is 276 g/mol. The second kappa shape index (κ2) is 11.4. The van der Waals surface area contributed by atoms with Gasteiger partial charge in [-0.25, -0.2) is 0 Å². The number of nitrogens with one attached hydrogen (secondary N) is 1. The number of carbonyl (C=O) groups excluding carboxylic acids is 1. The Hall–Kier alpha value is -1.38. The van der Waals surface area contributed by atoms with E-state index in [1.54, 1.807) is 12.4 Å². The van der Waals surface area contributed by atoms with Crippen LogP contribution in [0.2, 0.25) is 0 Å². The molecule has 0 bridgehead atoms. The lowest BCUT2D eigenvalue weighted by Gasteiger charge is -2.05. The summed E-state index contributed by atoms with van der Waals surface area (Å²) in [4.78, 5) is 15.6. The molecular formula is C17H28N2O. The van der Waals surface area contributed by atoms with Crippen LogP contribution in [-0.4, -0.2) is 10.9 Å². The van der Waals surface area contributed by atoms with E-state index in [1.807, 2.05) is 12.1 Å². The van der Waals surface area contributed by atoms with E-state index in [9.17, 15) is 4.79 Å². The number of rotatable bonds is 11. The van der Waals surface area contributed by atoms with E-state index in [-0.39, 0.29) is 5.91 Å². The topological polar surface area (TPSA) is 42.0 Å². The summed E-state index contributed by atoms with van der Waals surface area (Å²) in [7, 11) is 0. The predicted octanol–water partition coefficient (Wildman–Crippen LogP) is 4.23. The third kappa shape index (κ3) is 8.68. The zero-order valence-corrected chi connectivity index (χ0v) is 12.7. The van der Waals surface area contributed by atoms with Crippen molar-refractivity contribution in [1.82, 2.24) is 10.3 Å². The highest BCUT2D eigenvalue weighted by Gasteiger charge is 2.01. The van der Waals surface area contributed by atoms with Gasteiger partial charge in [0.25, 0.3) is 0 Å². The molecule has 0 saturated heterocycles. The number of unbranched alkanes of at least 4 members (excludes halogenated alkanes) is 7. The molecule has 0 aliphatic carbocycles. The third-order valence-electron chi connectivity index (χ3n) is 3.50. The van der Waals surface area contributed by atoms with E-state index in [0.29, 0.717) is 13.0 Å². The van der Waals surface area contributed by atoms with Crippen LogP contribution in [0.3, 0.4) is 0 Å². The van der Waals surface area contributed by atoms with Gasteiger partial charge >= 0.3 is 0 Å². The average Bonchev–Trinajstić information content (AvgIpc) is 2.49. The maximum absolute atomic E-state index is 11.7. The van der Waals surface area contributed by atoms with Crippen molar-refractivity contribution >= 4 is 5.91 Å². The Balaban J connectivity index is 1.93. The largest absolute Gasteiger partial charge is 0.352 e. The summed E-state index contributed by atoms with van der Waals surface area (Å²) in [5.74, 6) is 0.160. The maximum atomic E-state index is 11.7. The number of carbonyl (C=O) groups is 1. The van der Waals surface area contributed by atoms with Crippen LogP contribution in [0, 0.1) is 0 Å². The van der Waals surface area contributed by atoms with Gasteiger partial charge in [0.1, 0.15) is 0 Å². The van der Waals surface area contributed by atoms with Crippen LogP contribution in [0.4, 0.5) is 0 Å². The van der Waals surface area contributed by atoms with Crippen molar-refractivity contribution in [1.29, 1.82) is 0 Å². The van der Waals surface area contributed by atoms with Crippen LogP contribution in [0.5, 0.6) is 0 Å². The molecule has 112 valence electrons. The summed E-state index contributed by atoms with van der Waals surface area (Å²) in [5, 5.41) is 2.95. The Morgan fingerprint density at radius 2 is 1.60 bits per heavy atom. The first-order valence-corrected chi connectivity index (χ1v) is 7.98. The lowest BCUT2D eigenvalue weighted by Crippen LogP contribution is -2.22. The molecule has 0 aliphatic heterocycles. The molecule has 0 saturated carbocycles. The fourth-order valence-corrected chi connectivity index (χ4v) is 2.21. The van der Waals surface area contributed by atoms with Crippen LogP contribution in [-0.2, 0) is 11.3 Å². The fourth-order valence-electron chi connectivity index (χ4n) is 2.21. The Kier molecular flexibility index (Phi) is 9.54. The molecule has 0 unspecified atom stereocenters. The molecule has 0 fully saturated rings. The summed E-state index contributed by atoms with van der Waals surface area (Å²) in [6.07, 6.45) is 14.3. The van der Waals surface area contributed by atoms with Crippen LogP contribution >= 0.6 is 0 Å². The Morgan fingerprint density at radius 3 is 2.25 bits per heavy atom. The number of aromatic nitrogens is 1. The zero-order chi connectivity index (χ0) is 14.5. The molecule has 1 heterocycles. The number of hydrogen-bond donors (Lipinski definition) is 1. The normalized spacial score (nSPS) is 10.4. The number of pyridine rings is 1. The van der Waals surface area contributed by atoms with Gasteiger partial charge in [-0.05, 0) is 24.1 Å². The van der Waals surface area contributed by atoms with Crippen LogP contribution in [0.1, 0.15) is 70.3 Å². The van der Waals surface area contributed by atoms with Gasteiger partial charge in [-0.15, -0.1) is 0 Å². The van der Waals surface area contributed by atoms with Gasteiger partial charge < -0.3 is 5.32 Å². The molecule has 1 aromatic rings. The highest BCUT2D eigenvalue weighted by atomic mass is 16.1. The summed E-state index contributed by atoms with van der Waals surface area (Å²) in [6.45, 7) is 2.85. The second-order valence-electron chi connectivity index (χ2n) is 5.36. The van der Waals surface area contributed by atoms with Gasteiger partial charge in [-0.1, -0.05) is 51.9 Å². The zero-order valence-electron chi connectivity index (χ0n) is 12.7. The van der Waals surface area contributed by atoms with Gasteiger partial charge in [0.15, 0.2) is 0 Å². The van der Waals surface area contributed by atoms with Crippen molar-refractivity contribution in [2.75, 3.05) is 0 Å². The summed E-state index contributed by atoms with van der Waals surface area (Å²) in [6, 6.07) is 3.85. The first-order chi connectivity index (χ1) is 9.83. The molecule has 0 radical (unpaired) electrons. The summed E-state index contributed by atoms with van der Waals surface area (Å²) >= 11 is 0. The Labute approximate surface area is 123 Å². The minimum absolute atomic E-state index is 0.160. The number of hydrogen-bond acceptors (Lipinski definition) is 2. The molecule has 0 atom stereocenters. The van der Waals surface area contributed by atoms with Crippen molar-refractivity contribution in [2.24, 2.45) is 0 Å². The van der Waals surface area contributed by atoms with Crippen molar-refractivity contribution in [3.63, 3.8) is 0 Å². The minimum atomic E-state index is 0.160. The van der Waals surface area contributed by atoms with Gasteiger partial charge in [0.2, 0.25) is 5.91 Å². The highest BCUT2D eigenvalue weighted by Crippen LogP contribution is 2.09. The molecular weight excluding hydrogens is 248 g/mol. The van der Waals surface area contributed by atoms with Crippen molar-refractivity contribution < 1.29 is 4.79 Å². The lowest BCUT2D eigenvalue weighted by molar-refractivity contribution is -0.121. The third-order valence-corrected chi connectivity index (χ3v) is 3.50. The Morgan fingerprint density at radius 1 is 1.00 bits per heavy atom. The monoisotopic (exact) mass is 276 g/mol. The molecule has 1 rings (SSSR count). The van der Waals surface area contributed by atoms with Crippen LogP contribution < -0.4 is 5.32 Å². The van der Waals surface area contributed by atoms with Crippen LogP contribution in [0.15, 0.2) is 24.5 Å². The number of amides is 1. The molecule has 0 aromatic carbocycles. The molecule has 3 nitrogen and oxygen atoms in total. The molecule has 20 heavy (non-hydrogen) atoms. The smallest absolute Gasteiger partial charge is 0.220 e. The van der Waals surface area contributed by atoms with E-state index >= 15 is 0 Å². The van der Waals surface area contributed by atoms with Crippen molar-refractivity contribution in [3.05, 3.63) is 30.1 Å².